The largest absolute Gasteiger partial charge is 0.338 e. The van der Waals surface area contributed by atoms with E-state index in [1.165, 1.54) is 31.5 Å². The molecule has 3 nitrogen and oxygen atoms in total. The van der Waals surface area contributed by atoms with Crippen LogP contribution in [0.1, 0.15) is 38.4 Å². The number of hydrogen-bond donors (Lipinski definition) is 1. The summed E-state index contributed by atoms with van der Waals surface area (Å²) >= 11 is 0. The van der Waals surface area contributed by atoms with Crippen LogP contribution in [0.4, 0.5) is 0 Å². The molecule has 2 rings (SSSR count). The van der Waals surface area contributed by atoms with E-state index in [0.29, 0.717) is 12.1 Å². The molecule has 2 unspecified atom stereocenters. The number of nitrogens with one attached hydrogen (secondary N) is 1. The second-order valence-electron chi connectivity index (χ2n) is 4.69. The van der Waals surface area contributed by atoms with Crippen LogP contribution in [0.25, 0.3) is 0 Å². The van der Waals surface area contributed by atoms with Gasteiger partial charge in [0.05, 0.1) is 0 Å². The van der Waals surface area contributed by atoms with Crippen molar-refractivity contribution in [2.75, 3.05) is 0 Å². The van der Waals surface area contributed by atoms with Gasteiger partial charge in [-0.05, 0) is 26.2 Å². The molecule has 1 N–H and O–H groups in total. The van der Waals surface area contributed by atoms with Crippen LogP contribution >= 0.6 is 0 Å². The molecular formula is C12H21N3. The second-order valence-corrected chi connectivity index (χ2v) is 4.69. The predicted octanol–water partition coefficient (Wildman–Crippen LogP) is 1.88. The van der Waals surface area contributed by atoms with E-state index in [1.807, 2.05) is 12.4 Å². The third-order valence-corrected chi connectivity index (χ3v) is 3.35. The fourth-order valence-corrected chi connectivity index (χ4v) is 2.41. The molecule has 0 saturated carbocycles. The molecule has 15 heavy (non-hydrogen) atoms. The summed E-state index contributed by atoms with van der Waals surface area (Å²) in [6.45, 7) is 2.28. The van der Waals surface area contributed by atoms with Crippen LogP contribution in [0.2, 0.25) is 0 Å². The van der Waals surface area contributed by atoms with Gasteiger partial charge in [0.15, 0.2) is 0 Å². The van der Waals surface area contributed by atoms with Gasteiger partial charge >= 0.3 is 0 Å². The normalized spacial score (nSPS) is 26.8. The number of nitrogens with zero attached hydrogens (tertiary/aromatic N) is 2. The molecule has 2 heterocycles. The fraction of sp³-hybridized carbons (Fsp3) is 0.750. The summed E-state index contributed by atoms with van der Waals surface area (Å²) in [7, 11) is 2.07. The Morgan fingerprint density at radius 3 is 3.07 bits per heavy atom. The first-order valence-corrected chi connectivity index (χ1v) is 5.98. The molecule has 0 aromatic carbocycles. The minimum Gasteiger partial charge on any atom is -0.338 e. The summed E-state index contributed by atoms with van der Waals surface area (Å²) in [5.74, 6) is 1.20. The van der Waals surface area contributed by atoms with Crippen molar-refractivity contribution in [2.45, 2.75) is 51.1 Å². The van der Waals surface area contributed by atoms with Crippen molar-refractivity contribution in [3.05, 3.63) is 18.2 Å². The van der Waals surface area contributed by atoms with Crippen molar-refractivity contribution in [1.82, 2.24) is 14.9 Å². The Morgan fingerprint density at radius 2 is 2.40 bits per heavy atom. The second kappa shape index (κ2) is 4.79. The smallest absolute Gasteiger partial charge is 0.108 e. The first kappa shape index (κ1) is 10.7. The molecular weight excluding hydrogens is 186 g/mol. The Bertz CT molecular complexity index is 306. The summed E-state index contributed by atoms with van der Waals surface area (Å²) in [5.41, 5.74) is 0. The number of rotatable bonds is 3. The zero-order valence-electron chi connectivity index (χ0n) is 9.74. The standard InChI is InChI=1S/C12H21N3/c1-10-4-3-5-11(14-10)6-7-12-13-8-9-15(12)2/h8-11,14H,3-7H2,1-2H3. The summed E-state index contributed by atoms with van der Waals surface area (Å²) in [6.07, 6.45) is 10.2. The monoisotopic (exact) mass is 207 g/mol. The summed E-state index contributed by atoms with van der Waals surface area (Å²) in [4.78, 5) is 4.35. The Kier molecular flexibility index (Phi) is 3.41. The maximum absolute atomic E-state index is 4.35. The Morgan fingerprint density at radius 1 is 1.53 bits per heavy atom. The fourth-order valence-electron chi connectivity index (χ4n) is 2.41. The van der Waals surface area contributed by atoms with E-state index in [1.54, 1.807) is 0 Å². The van der Waals surface area contributed by atoms with Crippen molar-refractivity contribution < 1.29 is 0 Å². The number of aryl methyl sites for hydroxylation is 2. The number of aromatic nitrogens is 2. The number of piperidine rings is 1. The molecule has 1 aromatic heterocycles. The Balaban J connectivity index is 1.80. The molecule has 0 aliphatic carbocycles. The van der Waals surface area contributed by atoms with E-state index in [4.69, 9.17) is 0 Å². The molecule has 2 atom stereocenters. The number of hydrogen-bond acceptors (Lipinski definition) is 2. The van der Waals surface area contributed by atoms with Crippen LogP contribution in [0.3, 0.4) is 0 Å². The van der Waals surface area contributed by atoms with Gasteiger partial charge in [0.25, 0.3) is 0 Å². The minimum absolute atomic E-state index is 0.699. The lowest BCUT2D eigenvalue weighted by atomic mass is 9.96. The van der Waals surface area contributed by atoms with E-state index in [2.05, 4.69) is 28.8 Å². The molecule has 1 aliphatic heterocycles. The van der Waals surface area contributed by atoms with Crippen LogP contribution in [0, 0.1) is 0 Å². The van der Waals surface area contributed by atoms with Crippen LogP contribution in [-0.4, -0.2) is 21.6 Å². The zero-order valence-corrected chi connectivity index (χ0v) is 9.74. The molecule has 0 amide bonds. The van der Waals surface area contributed by atoms with E-state index in [0.717, 1.165) is 6.42 Å². The third kappa shape index (κ3) is 2.81. The van der Waals surface area contributed by atoms with Crippen molar-refractivity contribution in [3.8, 4) is 0 Å². The van der Waals surface area contributed by atoms with Gasteiger partial charge in [-0.1, -0.05) is 6.42 Å². The van der Waals surface area contributed by atoms with Gasteiger partial charge in [-0.25, -0.2) is 4.98 Å². The minimum atomic E-state index is 0.699. The molecule has 1 aliphatic rings. The van der Waals surface area contributed by atoms with Gasteiger partial charge in [0.2, 0.25) is 0 Å². The van der Waals surface area contributed by atoms with Crippen molar-refractivity contribution in [1.29, 1.82) is 0 Å². The molecule has 84 valence electrons. The highest BCUT2D eigenvalue weighted by molar-refractivity contribution is 4.92. The van der Waals surface area contributed by atoms with Crippen molar-refractivity contribution in [2.24, 2.45) is 7.05 Å². The number of imidazole rings is 1. The van der Waals surface area contributed by atoms with E-state index in [-0.39, 0.29) is 0 Å². The maximum Gasteiger partial charge on any atom is 0.108 e. The van der Waals surface area contributed by atoms with Gasteiger partial charge in [0, 0.05) is 37.9 Å². The lowest BCUT2D eigenvalue weighted by Crippen LogP contribution is -2.40. The first-order chi connectivity index (χ1) is 7.25. The molecule has 0 spiro atoms. The van der Waals surface area contributed by atoms with Crippen LogP contribution in [-0.2, 0) is 13.5 Å². The first-order valence-electron chi connectivity index (χ1n) is 5.98. The van der Waals surface area contributed by atoms with E-state index in [9.17, 15) is 0 Å². The highest BCUT2D eigenvalue weighted by atomic mass is 15.0. The average molecular weight is 207 g/mol. The SMILES string of the molecule is CC1CCCC(CCc2nccn2C)N1. The van der Waals surface area contributed by atoms with Crippen molar-refractivity contribution in [3.63, 3.8) is 0 Å². The lowest BCUT2D eigenvalue weighted by molar-refractivity contribution is 0.320. The van der Waals surface area contributed by atoms with Crippen LogP contribution in [0.15, 0.2) is 12.4 Å². The zero-order chi connectivity index (χ0) is 10.7. The van der Waals surface area contributed by atoms with E-state index >= 15 is 0 Å². The summed E-state index contributed by atoms with van der Waals surface area (Å²) < 4.78 is 2.12. The lowest BCUT2D eigenvalue weighted by Gasteiger charge is -2.28. The Hall–Kier alpha value is -0.830. The third-order valence-electron chi connectivity index (χ3n) is 3.35. The maximum atomic E-state index is 4.35. The van der Waals surface area contributed by atoms with Gasteiger partial charge < -0.3 is 9.88 Å². The summed E-state index contributed by atoms with van der Waals surface area (Å²) in [6, 6.07) is 1.40. The van der Waals surface area contributed by atoms with Crippen molar-refractivity contribution >= 4 is 0 Å². The van der Waals surface area contributed by atoms with Gasteiger partial charge in [0.1, 0.15) is 5.82 Å². The molecule has 0 radical (unpaired) electrons. The molecule has 0 bridgehead atoms. The summed E-state index contributed by atoms with van der Waals surface area (Å²) in [5, 5.41) is 3.66. The average Bonchev–Trinajstić information content (AvgIpc) is 2.61. The van der Waals surface area contributed by atoms with Crippen LogP contribution in [0.5, 0.6) is 0 Å². The highest BCUT2D eigenvalue weighted by Gasteiger charge is 2.17. The molecule has 1 aromatic rings. The van der Waals surface area contributed by atoms with Gasteiger partial charge in [-0.3, -0.25) is 0 Å². The highest BCUT2D eigenvalue weighted by Crippen LogP contribution is 2.16. The topological polar surface area (TPSA) is 29.9 Å². The molecule has 1 saturated heterocycles. The predicted molar refractivity (Wildman–Crippen MR) is 61.8 cm³/mol. The Labute approximate surface area is 91.9 Å². The van der Waals surface area contributed by atoms with E-state index < -0.39 is 0 Å². The molecule has 1 fully saturated rings. The van der Waals surface area contributed by atoms with Gasteiger partial charge in [-0.15, -0.1) is 0 Å². The van der Waals surface area contributed by atoms with Gasteiger partial charge in [-0.2, -0.15) is 0 Å². The van der Waals surface area contributed by atoms with Crippen LogP contribution < -0.4 is 5.32 Å². The quantitative estimate of drug-likeness (QED) is 0.820. The molecule has 3 heteroatoms.